The smallest absolute Gasteiger partial charge is 0.340 e. The summed E-state index contributed by atoms with van der Waals surface area (Å²) in [6.07, 6.45) is 1.89. The van der Waals surface area contributed by atoms with E-state index in [0.29, 0.717) is 12.2 Å². The van der Waals surface area contributed by atoms with Crippen LogP contribution in [0.15, 0.2) is 59.2 Å². The average Bonchev–Trinajstić information content (AvgIpc) is 2.94. The van der Waals surface area contributed by atoms with Crippen molar-refractivity contribution in [3.63, 3.8) is 0 Å². The van der Waals surface area contributed by atoms with Gasteiger partial charge in [0.2, 0.25) is 0 Å². The predicted molar refractivity (Wildman–Crippen MR) is 99.6 cm³/mol. The topological polar surface area (TPSA) is 31.2 Å². The zero-order chi connectivity index (χ0) is 18.0. The van der Waals surface area contributed by atoms with Gasteiger partial charge in [-0.2, -0.15) is 0 Å². The molecule has 128 valence electrons. The Labute approximate surface area is 154 Å². The Balaban J connectivity index is 2.18. The molecule has 1 aromatic heterocycles. The lowest BCUT2D eigenvalue weighted by Crippen LogP contribution is -2.07. The molecule has 0 unspecified atom stereocenters. The van der Waals surface area contributed by atoms with E-state index < -0.39 is 0 Å². The fourth-order valence-electron chi connectivity index (χ4n) is 2.78. The lowest BCUT2D eigenvalue weighted by atomic mass is 10.0. The molecule has 3 nitrogen and oxygen atoms in total. The second kappa shape index (κ2) is 7.23. The molecule has 0 saturated heterocycles. The Morgan fingerprint density at radius 3 is 2.36 bits per heavy atom. The number of carbonyl (C=O) groups excluding carboxylic acids is 1. The van der Waals surface area contributed by atoms with Gasteiger partial charge < -0.3 is 9.30 Å². The number of hydrogen-bond donors (Lipinski definition) is 0. The zero-order valence-electron chi connectivity index (χ0n) is 13.9. The summed E-state index contributed by atoms with van der Waals surface area (Å²) in [7, 11) is 0. The van der Waals surface area contributed by atoms with Crippen LogP contribution in [0.2, 0.25) is 0 Å². The minimum absolute atomic E-state index is 0.299. The van der Waals surface area contributed by atoms with Crippen LogP contribution in [0, 0.1) is 12.7 Å². The Kier molecular flexibility index (Phi) is 5.04. The lowest BCUT2D eigenvalue weighted by molar-refractivity contribution is 0.0526. The molecule has 0 saturated carbocycles. The number of carbonyl (C=O) groups is 1. The molecule has 0 N–H and O–H groups in total. The van der Waals surface area contributed by atoms with Gasteiger partial charge in [0.15, 0.2) is 0 Å². The van der Waals surface area contributed by atoms with Crippen molar-refractivity contribution in [1.29, 1.82) is 0 Å². The molecule has 3 aromatic rings. The van der Waals surface area contributed by atoms with Gasteiger partial charge in [-0.05, 0) is 55.8 Å². The first-order chi connectivity index (χ1) is 12.0. The van der Waals surface area contributed by atoms with Crippen molar-refractivity contribution in [3.8, 4) is 16.8 Å². The first kappa shape index (κ1) is 17.4. The van der Waals surface area contributed by atoms with E-state index in [0.717, 1.165) is 27.0 Å². The van der Waals surface area contributed by atoms with Crippen LogP contribution in [-0.4, -0.2) is 17.1 Å². The molecule has 5 heteroatoms. The summed E-state index contributed by atoms with van der Waals surface area (Å²) >= 11 is 3.42. The molecule has 0 aliphatic rings. The summed E-state index contributed by atoms with van der Waals surface area (Å²) < 4.78 is 21.3. The molecular formula is C20H17BrFNO2. The van der Waals surface area contributed by atoms with Crippen LogP contribution in [0.4, 0.5) is 4.39 Å². The number of halogens is 2. The van der Waals surface area contributed by atoms with Crippen molar-refractivity contribution in [2.45, 2.75) is 13.8 Å². The van der Waals surface area contributed by atoms with E-state index in [-0.39, 0.29) is 11.8 Å². The maximum Gasteiger partial charge on any atom is 0.340 e. The van der Waals surface area contributed by atoms with Gasteiger partial charge >= 0.3 is 5.97 Å². The van der Waals surface area contributed by atoms with E-state index in [1.54, 1.807) is 19.1 Å². The minimum atomic E-state index is -0.362. The second-order valence-corrected chi connectivity index (χ2v) is 6.49. The number of ether oxygens (including phenoxy) is 1. The molecule has 0 aliphatic carbocycles. The molecule has 25 heavy (non-hydrogen) atoms. The van der Waals surface area contributed by atoms with Crippen LogP contribution in [0.25, 0.3) is 16.8 Å². The fraction of sp³-hybridized carbons (Fsp3) is 0.150. The van der Waals surface area contributed by atoms with E-state index in [4.69, 9.17) is 4.74 Å². The molecule has 0 radical (unpaired) electrons. The fourth-order valence-corrected chi connectivity index (χ4v) is 3.05. The summed E-state index contributed by atoms with van der Waals surface area (Å²) in [6.45, 7) is 3.95. The highest BCUT2D eigenvalue weighted by Gasteiger charge is 2.22. The Morgan fingerprint density at radius 1 is 1.12 bits per heavy atom. The largest absolute Gasteiger partial charge is 0.462 e. The molecule has 0 aliphatic heterocycles. The van der Waals surface area contributed by atoms with E-state index >= 15 is 0 Å². The van der Waals surface area contributed by atoms with Crippen LogP contribution < -0.4 is 0 Å². The highest BCUT2D eigenvalue weighted by molar-refractivity contribution is 9.10. The van der Waals surface area contributed by atoms with Gasteiger partial charge in [0.1, 0.15) is 5.82 Å². The number of nitrogens with zero attached hydrogens (tertiary/aromatic N) is 1. The Bertz CT molecular complexity index is 899. The van der Waals surface area contributed by atoms with Crippen molar-refractivity contribution in [3.05, 3.63) is 76.3 Å². The van der Waals surface area contributed by atoms with E-state index in [2.05, 4.69) is 15.9 Å². The van der Waals surface area contributed by atoms with Gasteiger partial charge in [-0.15, -0.1) is 0 Å². The summed E-state index contributed by atoms with van der Waals surface area (Å²) in [5.41, 5.74) is 3.76. The minimum Gasteiger partial charge on any atom is -0.462 e. The van der Waals surface area contributed by atoms with E-state index in [1.807, 2.05) is 42.0 Å². The molecule has 0 fully saturated rings. The third-order valence-electron chi connectivity index (χ3n) is 3.99. The molecular weight excluding hydrogens is 385 g/mol. The SMILES string of the molecule is CCOC(=O)c1c(-c2ccc(Br)cc2)cn(-c2ccc(F)cc2)c1C. The molecule has 0 atom stereocenters. The van der Waals surface area contributed by atoms with Gasteiger partial charge in [-0.3, -0.25) is 0 Å². The van der Waals surface area contributed by atoms with E-state index in [9.17, 15) is 9.18 Å². The maximum atomic E-state index is 13.2. The molecule has 2 aromatic carbocycles. The number of aromatic nitrogens is 1. The van der Waals surface area contributed by atoms with Crippen molar-refractivity contribution < 1.29 is 13.9 Å². The van der Waals surface area contributed by atoms with Gasteiger partial charge in [-0.25, -0.2) is 9.18 Å². The lowest BCUT2D eigenvalue weighted by Gasteiger charge is -2.07. The van der Waals surface area contributed by atoms with Crippen LogP contribution in [0.5, 0.6) is 0 Å². The van der Waals surface area contributed by atoms with Crippen molar-refractivity contribution in [2.75, 3.05) is 6.61 Å². The van der Waals surface area contributed by atoms with Gasteiger partial charge in [0, 0.05) is 27.6 Å². The summed E-state index contributed by atoms with van der Waals surface area (Å²) in [5.74, 6) is -0.661. The van der Waals surface area contributed by atoms with Crippen LogP contribution >= 0.6 is 15.9 Å². The quantitative estimate of drug-likeness (QED) is 0.538. The number of hydrogen-bond acceptors (Lipinski definition) is 2. The van der Waals surface area contributed by atoms with Crippen molar-refractivity contribution >= 4 is 21.9 Å². The third kappa shape index (κ3) is 3.51. The number of esters is 1. The van der Waals surface area contributed by atoms with Gasteiger partial charge in [-0.1, -0.05) is 28.1 Å². The molecule has 0 bridgehead atoms. The summed E-state index contributed by atoms with van der Waals surface area (Å²) in [4.78, 5) is 12.5. The van der Waals surface area contributed by atoms with Gasteiger partial charge in [0.25, 0.3) is 0 Å². The molecule has 1 heterocycles. The third-order valence-corrected chi connectivity index (χ3v) is 4.52. The first-order valence-electron chi connectivity index (χ1n) is 7.92. The highest BCUT2D eigenvalue weighted by Crippen LogP contribution is 2.31. The predicted octanol–water partition coefficient (Wildman–Crippen LogP) is 5.53. The monoisotopic (exact) mass is 401 g/mol. The van der Waals surface area contributed by atoms with Crippen LogP contribution in [0.1, 0.15) is 23.0 Å². The number of rotatable bonds is 4. The Morgan fingerprint density at radius 2 is 1.76 bits per heavy atom. The maximum absolute atomic E-state index is 13.2. The normalized spacial score (nSPS) is 10.7. The Hall–Kier alpha value is -2.40. The highest BCUT2D eigenvalue weighted by atomic mass is 79.9. The van der Waals surface area contributed by atoms with Crippen molar-refractivity contribution in [2.24, 2.45) is 0 Å². The summed E-state index contributed by atoms with van der Waals surface area (Å²) in [6, 6.07) is 13.9. The first-order valence-corrected chi connectivity index (χ1v) is 8.71. The van der Waals surface area contributed by atoms with Gasteiger partial charge in [0.05, 0.1) is 12.2 Å². The van der Waals surface area contributed by atoms with E-state index in [1.165, 1.54) is 12.1 Å². The zero-order valence-corrected chi connectivity index (χ0v) is 15.5. The molecule has 0 amide bonds. The van der Waals surface area contributed by atoms with Crippen LogP contribution in [-0.2, 0) is 4.74 Å². The standard InChI is InChI=1S/C20H17BrFNO2/c1-3-25-20(24)19-13(2)23(17-10-8-16(22)9-11-17)12-18(19)14-4-6-15(21)7-5-14/h4-12H,3H2,1-2H3. The number of benzene rings is 2. The van der Waals surface area contributed by atoms with Crippen molar-refractivity contribution in [1.82, 2.24) is 4.57 Å². The molecule has 3 rings (SSSR count). The summed E-state index contributed by atoms with van der Waals surface area (Å²) in [5, 5.41) is 0. The second-order valence-electron chi connectivity index (χ2n) is 5.58. The average molecular weight is 402 g/mol. The van der Waals surface area contributed by atoms with Crippen LogP contribution in [0.3, 0.4) is 0 Å². The molecule has 0 spiro atoms.